The van der Waals surface area contributed by atoms with Crippen molar-refractivity contribution in [2.75, 3.05) is 11.9 Å². The highest BCUT2D eigenvalue weighted by atomic mass is 16.5. The number of rotatable bonds is 5. The summed E-state index contributed by atoms with van der Waals surface area (Å²) in [6, 6.07) is 9.52. The lowest BCUT2D eigenvalue weighted by atomic mass is 10.1. The van der Waals surface area contributed by atoms with Crippen molar-refractivity contribution in [3.8, 4) is 12.1 Å². The second-order valence-electron chi connectivity index (χ2n) is 4.56. The second kappa shape index (κ2) is 8.28. The van der Waals surface area contributed by atoms with Gasteiger partial charge in [-0.05, 0) is 38.5 Å². The molecule has 0 aliphatic rings. The number of carbonyl (C=O) groups excluding carboxylic acids is 1. The van der Waals surface area contributed by atoms with Crippen molar-refractivity contribution < 1.29 is 9.53 Å². The SMILES string of the molecule is CCOC(=O)/C(C#N)=C/C(C#N)=C\Nc1ccc(C)cc1C. The standard InChI is InChI=1S/C17H17N3O2/c1-4-22-17(21)15(10-19)8-14(9-18)11-20-16-6-5-12(2)7-13(16)3/h5-8,11,20H,4H2,1-3H3/b14-11+,15-8+. The van der Waals surface area contributed by atoms with Crippen LogP contribution in [-0.4, -0.2) is 12.6 Å². The van der Waals surface area contributed by atoms with Gasteiger partial charge in [-0.25, -0.2) is 4.79 Å². The third kappa shape index (κ3) is 4.81. The summed E-state index contributed by atoms with van der Waals surface area (Å²) in [7, 11) is 0. The Morgan fingerprint density at radius 3 is 2.59 bits per heavy atom. The third-order valence-electron chi connectivity index (χ3n) is 2.81. The molecule has 0 aliphatic carbocycles. The molecule has 0 amide bonds. The predicted octanol–water partition coefficient (Wildman–Crippen LogP) is 3.14. The topological polar surface area (TPSA) is 85.9 Å². The number of nitriles is 2. The first-order valence-electron chi connectivity index (χ1n) is 6.74. The summed E-state index contributed by atoms with van der Waals surface area (Å²) in [5.74, 6) is -0.738. The van der Waals surface area contributed by atoms with Gasteiger partial charge < -0.3 is 10.1 Å². The van der Waals surface area contributed by atoms with Gasteiger partial charge in [0.1, 0.15) is 17.7 Å². The first-order valence-corrected chi connectivity index (χ1v) is 6.74. The van der Waals surface area contributed by atoms with Crippen LogP contribution < -0.4 is 5.32 Å². The highest BCUT2D eigenvalue weighted by Crippen LogP contribution is 2.16. The van der Waals surface area contributed by atoms with E-state index in [9.17, 15) is 4.79 Å². The maximum Gasteiger partial charge on any atom is 0.348 e. The molecule has 1 N–H and O–H groups in total. The van der Waals surface area contributed by atoms with Crippen LogP contribution in [0.2, 0.25) is 0 Å². The Morgan fingerprint density at radius 2 is 2.05 bits per heavy atom. The van der Waals surface area contributed by atoms with Gasteiger partial charge in [-0.1, -0.05) is 17.7 Å². The van der Waals surface area contributed by atoms with Gasteiger partial charge in [0.25, 0.3) is 0 Å². The molecule has 112 valence electrons. The summed E-state index contributed by atoms with van der Waals surface area (Å²) in [4.78, 5) is 11.5. The van der Waals surface area contributed by atoms with E-state index in [4.69, 9.17) is 15.3 Å². The number of nitrogens with one attached hydrogen (secondary N) is 1. The van der Waals surface area contributed by atoms with Gasteiger partial charge >= 0.3 is 5.97 Å². The molecule has 5 nitrogen and oxygen atoms in total. The van der Waals surface area contributed by atoms with Gasteiger partial charge in [0.15, 0.2) is 0 Å². The van der Waals surface area contributed by atoms with Gasteiger partial charge in [0.05, 0.1) is 12.2 Å². The molecule has 0 saturated carbocycles. The first-order chi connectivity index (χ1) is 10.5. The molecule has 0 radical (unpaired) electrons. The molecule has 0 fully saturated rings. The Bertz CT molecular complexity index is 704. The van der Waals surface area contributed by atoms with Crippen molar-refractivity contribution in [2.45, 2.75) is 20.8 Å². The Kier molecular flexibility index (Phi) is 6.40. The van der Waals surface area contributed by atoms with Crippen LogP contribution in [0.5, 0.6) is 0 Å². The lowest BCUT2D eigenvalue weighted by molar-refractivity contribution is -0.138. The van der Waals surface area contributed by atoms with E-state index >= 15 is 0 Å². The molecular weight excluding hydrogens is 278 g/mol. The first kappa shape index (κ1) is 17.0. The van der Waals surface area contributed by atoms with Gasteiger partial charge in [0, 0.05) is 11.9 Å². The number of esters is 1. The molecule has 0 unspecified atom stereocenters. The number of benzene rings is 1. The molecule has 0 heterocycles. The summed E-state index contributed by atoms with van der Waals surface area (Å²) in [6.45, 7) is 5.76. The van der Waals surface area contributed by atoms with Gasteiger partial charge in [-0.3, -0.25) is 0 Å². The minimum Gasteiger partial charge on any atom is -0.462 e. The summed E-state index contributed by atoms with van der Waals surface area (Å²) < 4.78 is 4.75. The van der Waals surface area contributed by atoms with Crippen molar-refractivity contribution in [1.82, 2.24) is 0 Å². The molecular formula is C17H17N3O2. The highest BCUT2D eigenvalue weighted by Gasteiger charge is 2.10. The summed E-state index contributed by atoms with van der Waals surface area (Å²) in [5, 5.41) is 21.1. The Labute approximate surface area is 130 Å². The number of anilines is 1. The Balaban J connectivity index is 2.98. The minimum atomic E-state index is -0.738. The average molecular weight is 295 g/mol. The fourth-order valence-electron chi connectivity index (χ4n) is 1.74. The third-order valence-corrected chi connectivity index (χ3v) is 2.81. The molecule has 5 heteroatoms. The smallest absolute Gasteiger partial charge is 0.348 e. The van der Waals surface area contributed by atoms with Crippen molar-refractivity contribution >= 4 is 11.7 Å². The summed E-state index contributed by atoms with van der Waals surface area (Å²) >= 11 is 0. The molecule has 0 atom stereocenters. The molecule has 22 heavy (non-hydrogen) atoms. The van der Waals surface area contributed by atoms with Crippen molar-refractivity contribution in [2.24, 2.45) is 0 Å². The van der Waals surface area contributed by atoms with E-state index in [1.807, 2.05) is 38.1 Å². The molecule has 0 aromatic heterocycles. The minimum absolute atomic E-state index is 0.157. The van der Waals surface area contributed by atoms with Crippen LogP contribution in [0.15, 0.2) is 41.6 Å². The van der Waals surface area contributed by atoms with Gasteiger partial charge in [0.2, 0.25) is 0 Å². The zero-order chi connectivity index (χ0) is 16.5. The molecule has 0 spiro atoms. The van der Waals surface area contributed by atoms with E-state index in [2.05, 4.69) is 5.32 Å². The van der Waals surface area contributed by atoms with Crippen LogP contribution in [0.25, 0.3) is 0 Å². The van der Waals surface area contributed by atoms with Crippen molar-refractivity contribution in [1.29, 1.82) is 10.5 Å². The molecule has 1 rings (SSSR count). The molecule has 1 aromatic rings. The van der Waals surface area contributed by atoms with Crippen molar-refractivity contribution in [3.63, 3.8) is 0 Å². The van der Waals surface area contributed by atoms with E-state index in [1.165, 1.54) is 12.3 Å². The maximum atomic E-state index is 11.5. The van der Waals surface area contributed by atoms with E-state index < -0.39 is 5.97 Å². The number of ether oxygens (including phenoxy) is 1. The molecule has 1 aromatic carbocycles. The zero-order valence-electron chi connectivity index (χ0n) is 12.8. The maximum absolute atomic E-state index is 11.5. The predicted molar refractivity (Wildman–Crippen MR) is 83.6 cm³/mol. The Morgan fingerprint density at radius 1 is 1.32 bits per heavy atom. The largest absolute Gasteiger partial charge is 0.462 e. The van der Waals surface area contributed by atoms with E-state index in [0.29, 0.717) is 0 Å². The second-order valence-corrected chi connectivity index (χ2v) is 4.56. The lowest BCUT2D eigenvalue weighted by Crippen LogP contribution is -2.06. The zero-order valence-corrected chi connectivity index (χ0v) is 12.8. The number of hydrogen-bond acceptors (Lipinski definition) is 5. The highest BCUT2D eigenvalue weighted by molar-refractivity contribution is 5.93. The Hall–Kier alpha value is -3.05. The van der Waals surface area contributed by atoms with Crippen LogP contribution >= 0.6 is 0 Å². The number of carbonyl (C=O) groups is 1. The number of allylic oxidation sites excluding steroid dienone is 2. The summed E-state index contributed by atoms with van der Waals surface area (Å²) in [6.07, 6.45) is 2.66. The van der Waals surface area contributed by atoms with E-state index in [-0.39, 0.29) is 17.8 Å². The van der Waals surface area contributed by atoms with Crippen LogP contribution in [-0.2, 0) is 9.53 Å². The molecule has 0 saturated heterocycles. The van der Waals surface area contributed by atoms with Crippen LogP contribution in [0.1, 0.15) is 18.1 Å². The quantitative estimate of drug-likeness (QED) is 0.390. The van der Waals surface area contributed by atoms with Crippen LogP contribution in [0.4, 0.5) is 5.69 Å². The van der Waals surface area contributed by atoms with Gasteiger partial charge in [-0.15, -0.1) is 0 Å². The number of hydrogen-bond donors (Lipinski definition) is 1. The normalized spacial score (nSPS) is 11.3. The monoisotopic (exact) mass is 295 g/mol. The van der Waals surface area contributed by atoms with Crippen molar-refractivity contribution in [3.05, 3.63) is 52.7 Å². The van der Waals surface area contributed by atoms with E-state index in [0.717, 1.165) is 16.8 Å². The van der Waals surface area contributed by atoms with Crippen LogP contribution in [0.3, 0.4) is 0 Å². The fourth-order valence-corrected chi connectivity index (χ4v) is 1.74. The van der Waals surface area contributed by atoms with E-state index in [1.54, 1.807) is 13.0 Å². The molecule has 0 bridgehead atoms. The van der Waals surface area contributed by atoms with Gasteiger partial charge in [-0.2, -0.15) is 10.5 Å². The average Bonchev–Trinajstić information content (AvgIpc) is 2.49. The molecule has 0 aliphatic heterocycles. The lowest BCUT2D eigenvalue weighted by Gasteiger charge is -2.06. The number of nitrogens with zero attached hydrogens (tertiary/aromatic N) is 2. The van der Waals surface area contributed by atoms with Crippen LogP contribution in [0, 0.1) is 36.5 Å². The summed E-state index contributed by atoms with van der Waals surface area (Å²) in [5.41, 5.74) is 2.97. The fraction of sp³-hybridized carbons (Fsp3) is 0.235. The number of aryl methyl sites for hydroxylation is 2.